The Morgan fingerprint density at radius 2 is 1.55 bits per heavy atom. The molecule has 8 nitrogen and oxygen atoms in total. The third kappa shape index (κ3) is 4.30. The molecule has 0 radical (unpaired) electrons. The van der Waals surface area contributed by atoms with Gasteiger partial charge in [-0.3, -0.25) is 9.59 Å². The molecule has 1 aromatic heterocycles. The van der Waals surface area contributed by atoms with Crippen molar-refractivity contribution in [2.75, 3.05) is 24.7 Å². The van der Waals surface area contributed by atoms with Crippen LogP contribution >= 0.6 is 11.6 Å². The molecule has 2 N–H and O–H groups in total. The van der Waals surface area contributed by atoms with E-state index in [2.05, 4.69) is 10.6 Å². The highest BCUT2D eigenvalue weighted by molar-refractivity contribution is 6.30. The van der Waals surface area contributed by atoms with Crippen molar-refractivity contribution in [1.29, 1.82) is 0 Å². The van der Waals surface area contributed by atoms with E-state index in [0.717, 1.165) is 16.8 Å². The molecule has 9 heteroatoms. The first kappa shape index (κ1) is 21.4. The molecule has 3 heterocycles. The molecular weight excluding hydrogens is 416 g/mol. The van der Waals surface area contributed by atoms with Gasteiger partial charge in [0.25, 0.3) is 0 Å². The van der Waals surface area contributed by atoms with Crippen LogP contribution in [0.2, 0.25) is 5.02 Å². The summed E-state index contributed by atoms with van der Waals surface area (Å²) in [6.45, 7) is 2.05. The summed E-state index contributed by atoms with van der Waals surface area (Å²) in [7, 11) is 3.59. The summed E-state index contributed by atoms with van der Waals surface area (Å²) in [4.78, 5) is 36.9. The van der Waals surface area contributed by atoms with Gasteiger partial charge in [0.15, 0.2) is 0 Å². The van der Waals surface area contributed by atoms with Gasteiger partial charge in [-0.25, -0.2) is 4.98 Å². The van der Waals surface area contributed by atoms with E-state index >= 15 is 0 Å². The minimum Gasteiger partial charge on any atom is -0.349 e. The highest BCUT2D eigenvalue weighted by Gasteiger charge is 2.31. The van der Waals surface area contributed by atoms with Crippen LogP contribution in [0, 0.1) is 0 Å². The van der Waals surface area contributed by atoms with Gasteiger partial charge in [0.1, 0.15) is 18.1 Å². The van der Waals surface area contributed by atoms with Gasteiger partial charge in [-0.05, 0) is 37.0 Å². The molecule has 0 aliphatic carbocycles. The Morgan fingerprint density at radius 3 is 2.06 bits per heavy atom. The molecule has 0 spiro atoms. The van der Waals surface area contributed by atoms with Crippen molar-refractivity contribution < 1.29 is 9.59 Å². The molecule has 2 unspecified atom stereocenters. The van der Waals surface area contributed by atoms with Crippen molar-refractivity contribution in [2.24, 2.45) is 0 Å². The Hall–Kier alpha value is -2.87. The Kier molecular flexibility index (Phi) is 6.00. The van der Waals surface area contributed by atoms with Gasteiger partial charge in [0, 0.05) is 37.5 Å². The first-order chi connectivity index (χ1) is 14.9. The van der Waals surface area contributed by atoms with E-state index in [1.54, 1.807) is 23.9 Å². The highest BCUT2D eigenvalue weighted by Crippen LogP contribution is 2.34. The number of rotatable bonds is 6. The van der Waals surface area contributed by atoms with E-state index in [0.29, 0.717) is 48.9 Å². The fourth-order valence-corrected chi connectivity index (χ4v) is 4.23. The highest BCUT2D eigenvalue weighted by atomic mass is 35.5. The van der Waals surface area contributed by atoms with Gasteiger partial charge in [-0.1, -0.05) is 30.7 Å². The number of nitrogens with one attached hydrogen (secondary N) is 2. The minimum absolute atomic E-state index is 0.107. The van der Waals surface area contributed by atoms with Crippen LogP contribution in [0.25, 0.3) is 11.1 Å². The van der Waals surface area contributed by atoms with E-state index < -0.39 is 0 Å². The number of hydrogen-bond acceptors (Lipinski definition) is 6. The Morgan fingerprint density at radius 1 is 0.968 bits per heavy atom. The van der Waals surface area contributed by atoms with Crippen molar-refractivity contribution in [1.82, 2.24) is 19.8 Å². The van der Waals surface area contributed by atoms with E-state index in [9.17, 15) is 9.59 Å². The van der Waals surface area contributed by atoms with Gasteiger partial charge >= 0.3 is 0 Å². The number of aromatic nitrogens is 2. The molecule has 31 heavy (non-hydrogen) atoms. The van der Waals surface area contributed by atoms with Gasteiger partial charge in [0.2, 0.25) is 17.8 Å². The lowest BCUT2D eigenvalue weighted by molar-refractivity contribution is -0.128. The van der Waals surface area contributed by atoms with Gasteiger partial charge < -0.3 is 20.4 Å². The molecule has 2 aromatic rings. The first-order valence-electron chi connectivity index (χ1n) is 10.6. The number of amides is 2. The van der Waals surface area contributed by atoms with Crippen LogP contribution < -0.4 is 10.6 Å². The quantitative estimate of drug-likeness (QED) is 0.713. The maximum atomic E-state index is 12.0. The molecule has 0 bridgehead atoms. The van der Waals surface area contributed by atoms with Crippen LogP contribution in [0.3, 0.4) is 0 Å². The number of nitrogens with zero attached hydrogens (tertiary/aromatic N) is 4. The van der Waals surface area contributed by atoms with E-state index in [1.807, 2.05) is 31.2 Å². The summed E-state index contributed by atoms with van der Waals surface area (Å²) in [6.07, 6.45) is 2.87. The lowest BCUT2D eigenvalue weighted by Crippen LogP contribution is -2.36. The molecule has 4 rings (SSSR count). The molecule has 2 aliphatic rings. The second kappa shape index (κ2) is 8.70. The Labute approximate surface area is 187 Å². The van der Waals surface area contributed by atoms with Crippen LogP contribution in [0.4, 0.5) is 11.8 Å². The predicted octanol–water partition coefficient (Wildman–Crippen LogP) is 3.34. The van der Waals surface area contributed by atoms with Crippen molar-refractivity contribution in [3.05, 3.63) is 35.0 Å². The van der Waals surface area contributed by atoms with Gasteiger partial charge in [-0.2, -0.15) is 4.98 Å². The van der Waals surface area contributed by atoms with E-state index in [-0.39, 0.29) is 24.1 Å². The summed E-state index contributed by atoms with van der Waals surface area (Å²) in [5.41, 5.74) is 2.73. The Bertz CT molecular complexity index is 996. The van der Waals surface area contributed by atoms with Crippen LogP contribution in [-0.4, -0.2) is 58.0 Å². The van der Waals surface area contributed by atoms with Gasteiger partial charge in [0.05, 0.1) is 5.69 Å². The van der Waals surface area contributed by atoms with Crippen molar-refractivity contribution in [3.8, 4) is 11.1 Å². The van der Waals surface area contributed by atoms with Crippen LogP contribution in [0.5, 0.6) is 0 Å². The molecule has 2 aliphatic heterocycles. The SMILES string of the molecule is CCc1nc(NC2CCC(=O)N2C)nc(NC2CCC(=O)N2C)c1-c1ccc(Cl)cc1. The first-order valence-corrected chi connectivity index (χ1v) is 11.0. The topological polar surface area (TPSA) is 90.5 Å². The number of halogens is 1. The van der Waals surface area contributed by atoms with Crippen LogP contribution in [-0.2, 0) is 16.0 Å². The average molecular weight is 443 g/mol. The molecule has 2 fully saturated rings. The van der Waals surface area contributed by atoms with Crippen LogP contribution in [0.1, 0.15) is 38.3 Å². The molecule has 1 aromatic carbocycles. The smallest absolute Gasteiger partial charge is 0.226 e. The number of carbonyl (C=O) groups excluding carboxylic acids is 2. The number of likely N-dealkylation sites (tertiary alicyclic amines) is 2. The summed E-state index contributed by atoms with van der Waals surface area (Å²) >= 11 is 6.10. The standard InChI is InChI=1S/C22H27ClN6O2/c1-4-15-20(13-5-7-14(23)8-6-13)21(25-16-9-11-18(30)28(16)2)27-22(24-15)26-17-10-12-19(31)29(17)3/h5-8,16-17H,4,9-12H2,1-3H3,(H2,24,25,26,27). The van der Waals surface area contributed by atoms with Crippen molar-refractivity contribution >= 4 is 35.2 Å². The maximum Gasteiger partial charge on any atom is 0.226 e. The van der Waals surface area contributed by atoms with E-state index in [4.69, 9.17) is 21.6 Å². The second-order valence-electron chi connectivity index (χ2n) is 7.98. The average Bonchev–Trinajstić information content (AvgIpc) is 3.25. The predicted molar refractivity (Wildman–Crippen MR) is 121 cm³/mol. The molecule has 0 saturated carbocycles. The molecular formula is C22H27ClN6O2. The fourth-order valence-electron chi connectivity index (χ4n) is 4.10. The number of carbonyl (C=O) groups is 2. The monoisotopic (exact) mass is 442 g/mol. The van der Waals surface area contributed by atoms with E-state index in [1.165, 1.54) is 0 Å². The summed E-state index contributed by atoms with van der Waals surface area (Å²) in [5, 5.41) is 7.43. The number of benzene rings is 1. The van der Waals surface area contributed by atoms with Crippen molar-refractivity contribution in [3.63, 3.8) is 0 Å². The number of aryl methyl sites for hydroxylation is 1. The number of hydrogen-bond donors (Lipinski definition) is 2. The third-order valence-corrected chi connectivity index (χ3v) is 6.29. The Balaban J connectivity index is 1.74. The molecule has 2 saturated heterocycles. The summed E-state index contributed by atoms with van der Waals surface area (Å²) < 4.78 is 0. The molecule has 2 amide bonds. The van der Waals surface area contributed by atoms with Crippen molar-refractivity contribution in [2.45, 2.75) is 51.4 Å². The lowest BCUT2D eigenvalue weighted by Gasteiger charge is -2.26. The second-order valence-corrected chi connectivity index (χ2v) is 8.42. The fraction of sp³-hybridized carbons (Fsp3) is 0.455. The zero-order chi connectivity index (χ0) is 22.1. The van der Waals surface area contributed by atoms with Gasteiger partial charge in [-0.15, -0.1) is 0 Å². The summed E-state index contributed by atoms with van der Waals surface area (Å²) in [5.74, 6) is 1.35. The molecule has 164 valence electrons. The largest absolute Gasteiger partial charge is 0.349 e. The number of anilines is 2. The maximum absolute atomic E-state index is 12.0. The minimum atomic E-state index is -0.137. The van der Waals surface area contributed by atoms with Crippen LogP contribution in [0.15, 0.2) is 24.3 Å². The third-order valence-electron chi connectivity index (χ3n) is 6.04. The normalized spacial score (nSPS) is 21.2. The zero-order valence-electron chi connectivity index (χ0n) is 18.0. The molecule has 2 atom stereocenters. The zero-order valence-corrected chi connectivity index (χ0v) is 18.7. The lowest BCUT2D eigenvalue weighted by atomic mass is 10.0. The summed E-state index contributed by atoms with van der Waals surface area (Å²) in [6, 6.07) is 7.59.